The molecule has 0 aliphatic rings. The third-order valence-corrected chi connectivity index (χ3v) is 3.83. The molecule has 0 saturated carbocycles. The molecule has 0 radical (unpaired) electrons. The number of nitrogens with two attached hydrogens (primary N) is 1. The molecule has 2 N–H and O–H groups in total. The fourth-order valence-electron chi connectivity index (χ4n) is 1.84. The lowest BCUT2D eigenvalue weighted by molar-refractivity contribution is 0.410. The average molecular weight is 265 g/mol. The summed E-state index contributed by atoms with van der Waals surface area (Å²) in [5.74, 6) is 0.217. The summed E-state index contributed by atoms with van der Waals surface area (Å²) in [5, 5.41) is 2.04. The Morgan fingerprint density at radius 3 is 2.83 bits per heavy atom. The number of hydrogen-bond acceptors (Lipinski definition) is 3. The molecule has 2 aromatic rings. The van der Waals surface area contributed by atoms with Gasteiger partial charge in [0.1, 0.15) is 11.6 Å². The number of hydrogen-bond donors (Lipinski definition) is 1. The fourth-order valence-corrected chi connectivity index (χ4v) is 2.57. The van der Waals surface area contributed by atoms with Crippen molar-refractivity contribution in [3.8, 4) is 5.75 Å². The third-order valence-electron chi connectivity index (χ3n) is 2.89. The summed E-state index contributed by atoms with van der Waals surface area (Å²) in [6.07, 6.45) is 1.62. The Hall–Kier alpha value is -1.39. The molecule has 1 aromatic carbocycles. The van der Waals surface area contributed by atoms with Crippen LogP contribution in [-0.2, 0) is 6.42 Å². The molecule has 0 aliphatic carbocycles. The minimum atomic E-state index is -0.298. The summed E-state index contributed by atoms with van der Waals surface area (Å²) in [6, 6.07) is 8.62. The van der Waals surface area contributed by atoms with Gasteiger partial charge in [-0.1, -0.05) is 12.1 Å². The van der Waals surface area contributed by atoms with Gasteiger partial charge in [0, 0.05) is 22.5 Å². The van der Waals surface area contributed by atoms with Crippen LogP contribution in [0, 0.1) is 5.82 Å². The largest absolute Gasteiger partial charge is 0.497 e. The molecule has 96 valence electrons. The van der Waals surface area contributed by atoms with Gasteiger partial charge in [-0.15, -0.1) is 11.3 Å². The summed E-state index contributed by atoms with van der Waals surface area (Å²) < 4.78 is 18.8. The number of rotatable bonds is 5. The van der Waals surface area contributed by atoms with E-state index in [4.69, 9.17) is 10.5 Å². The molecule has 1 atom stereocenters. The summed E-state index contributed by atoms with van der Waals surface area (Å²) >= 11 is 1.70. The highest BCUT2D eigenvalue weighted by molar-refractivity contribution is 7.09. The van der Waals surface area contributed by atoms with E-state index in [-0.39, 0.29) is 11.9 Å². The molecule has 0 aliphatic heterocycles. The molecular weight excluding hydrogens is 249 g/mol. The molecule has 1 heterocycles. The van der Waals surface area contributed by atoms with Crippen molar-refractivity contribution in [3.63, 3.8) is 0 Å². The van der Waals surface area contributed by atoms with Crippen LogP contribution in [0.15, 0.2) is 35.7 Å². The molecule has 0 bridgehead atoms. The smallest absolute Gasteiger partial charge is 0.131 e. The van der Waals surface area contributed by atoms with Crippen LogP contribution in [0.1, 0.15) is 22.9 Å². The molecule has 0 amide bonds. The molecule has 0 saturated heterocycles. The van der Waals surface area contributed by atoms with Crippen molar-refractivity contribution in [3.05, 3.63) is 52.0 Å². The Kier molecular flexibility index (Phi) is 4.33. The van der Waals surface area contributed by atoms with E-state index in [1.54, 1.807) is 23.5 Å². The standard InChI is InChI=1S/C14H16FNOS/c1-17-10-4-6-12(13(15)9-10)14(16)7-5-11-3-2-8-18-11/h2-4,6,8-9,14H,5,7,16H2,1H3. The first-order valence-corrected chi connectivity index (χ1v) is 6.70. The summed E-state index contributed by atoms with van der Waals surface area (Å²) in [6.45, 7) is 0. The molecule has 4 heteroatoms. The number of thiophene rings is 1. The van der Waals surface area contributed by atoms with E-state index in [1.807, 2.05) is 11.4 Å². The van der Waals surface area contributed by atoms with E-state index >= 15 is 0 Å². The summed E-state index contributed by atoms with van der Waals surface area (Å²) in [5.41, 5.74) is 6.58. The Balaban J connectivity index is 2.02. The normalized spacial score (nSPS) is 12.4. The van der Waals surface area contributed by atoms with Crippen molar-refractivity contribution in [2.45, 2.75) is 18.9 Å². The molecule has 2 rings (SSSR count). The second-order valence-corrected chi connectivity index (χ2v) is 5.14. The number of halogens is 1. The summed E-state index contributed by atoms with van der Waals surface area (Å²) in [4.78, 5) is 1.28. The van der Waals surface area contributed by atoms with Crippen molar-refractivity contribution < 1.29 is 9.13 Å². The van der Waals surface area contributed by atoms with Crippen LogP contribution < -0.4 is 10.5 Å². The average Bonchev–Trinajstić information content (AvgIpc) is 2.88. The first kappa shape index (κ1) is 13.1. The Labute approximate surface area is 110 Å². The number of benzene rings is 1. The lowest BCUT2D eigenvalue weighted by Gasteiger charge is -2.13. The first-order valence-electron chi connectivity index (χ1n) is 5.82. The van der Waals surface area contributed by atoms with Crippen LogP contribution >= 0.6 is 11.3 Å². The van der Waals surface area contributed by atoms with Gasteiger partial charge in [-0.2, -0.15) is 0 Å². The highest BCUT2D eigenvalue weighted by atomic mass is 32.1. The molecule has 0 fully saturated rings. The van der Waals surface area contributed by atoms with Crippen molar-refractivity contribution in [1.82, 2.24) is 0 Å². The van der Waals surface area contributed by atoms with Crippen LogP contribution in [0.25, 0.3) is 0 Å². The maximum absolute atomic E-state index is 13.8. The van der Waals surface area contributed by atoms with Gasteiger partial charge in [0.15, 0.2) is 0 Å². The maximum atomic E-state index is 13.8. The van der Waals surface area contributed by atoms with E-state index in [0.29, 0.717) is 11.3 Å². The highest BCUT2D eigenvalue weighted by Crippen LogP contribution is 2.24. The first-order chi connectivity index (χ1) is 8.70. The van der Waals surface area contributed by atoms with Crippen LogP contribution in [0.4, 0.5) is 4.39 Å². The van der Waals surface area contributed by atoms with Gasteiger partial charge >= 0.3 is 0 Å². The van der Waals surface area contributed by atoms with Crippen LogP contribution in [0.3, 0.4) is 0 Å². The number of methoxy groups -OCH3 is 1. The second kappa shape index (κ2) is 5.98. The van der Waals surface area contributed by atoms with Gasteiger partial charge in [-0.05, 0) is 30.4 Å². The molecular formula is C14H16FNOS. The van der Waals surface area contributed by atoms with Gasteiger partial charge in [-0.25, -0.2) is 4.39 Å². The van der Waals surface area contributed by atoms with Gasteiger partial charge in [0.05, 0.1) is 7.11 Å². The number of ether oxygens (including phenoxy) is 1. The second-order valence-electron chi connectivity index (χ2n) is 4.11. The minimum absolute atomic E-state index is 0.280. The lowest BCUT2D eigenvalue weighted by atomic mass is 10.0. The molecule has 0 spiro atoms. The predicted octanol–water partition coefficient (Wildman–Crippen LogP) is 3.53. The van der Waals surface area contributed by atoms with E-state index in [0.717, 1.165) is 12.8 Å². The van der Waals surface area contributed by atoms with E-state index in [9.17, 15) is 4.39 Å². The van der Waals surface area contributed by atoms with Crippen molar-refractivity contribution in [2.75, 3.05) is 7.11 Å². The minimum Gasteiger partial charge on any atom is -0.497 e. The zero-order chi connectivity index (χ0) is 13.0. The van der Waals surface area contributed by atoms with E-state index in [2.05, 4.69) is 6.07 Å². The Bertz CT molecular complexity index is 499. The Morgan fingerprint density at radius 1 is 1.39 bits per heavy atom. The van der Waals surface area contributed by atoms with Crippen molar-refractivity contribution in [1.29, 1.82) is 0 Å². The number of aryl methyl sites for hydroxylation is 1. The van der Waals surface area contributed by atoms with Crippen LogP contribution in [0.5, 0.6) is 5.75 Å². The zero-order valence-electron chi connectivity index (χ0n) is 10.2. The van der Waals surface area contributed by atoms with Crippen LogP contribution in [-0.4, -0.2) is 7.11 Å². The Morgan fingerprint density at radius 2 is 2.22 bits per heavy atom. The van der Waals surface area contributed by atoms with Gasteiger partial charge in [0.25, 0.3) is 0 Å². The van der Waals surface area contributed by atoms with E-state index in [1.165, 1.54) is 18.1 Å². The van der Waals surface area contributed by atoms with Crippen molar-refractivity contribution in [2.24, 2.45) is 5.73 Å². The molecule has 2 nitrogen and oxygen atoms in total. The lowest BCUT2D eigenvalue weighted by Crippen LogP contribution is -2.13. The van der Waals surface area contributed by atoms with Crippen LogP contribution in [0.2, 0.25) is 0 Å². The topological polar surface area (TPSA) is 35.2 Å². The maximum Gasteiger partial charge on any atom is 0.131 e. The zero-order valence-corrected chi connectivity index (χ0v) is 11.0. The van der Waals surface area contributed by atoms with Gasteiger partial charge < -0.3 is 10.5 Å². The molecule has 1 aromatic heterocycles. The van der Waals surface area contributed by atoms with Gasteiger partial charge in [-0.3, -0.25) is 0 Å². The van der Waals surface area contributed by atoms with Crippen molar-refractivity contribution >= 4 is 11.3 Å². The SMILES string of the molecule is COc1ccc(C(N)CCc2cccs2)c(F)c1. The quantitative estimate of drug-likeness (QED) is 0.897. The fraction of sp³-hybridized carbons (Fsp3) is 0.286. The molecule has 18 heavy (non-hydrogen) atoms. The summed E-state index contributed by atoms with van der Waals surface area (Å²) in [7, 11) is 1.52. The third kappa shape index (κ3) is 3.09. The predicted molar refractivity (Wildman–Crippen MR) is 72.5 cm³/mol. The van der Waals surface area contributed by atoms with Gasteiger partial charge in [0.2, 0.25) is 0 Å². The van der Waals surface area contributed by atoms with E-state index < -0.39 is 0 Å². The monoisotopic (exact) mass is 265 g/mol. The molecule has 1 unspecified atom stereocenters. The highest BCUT2D eigenvalue weighted by Gasteiger charge is 2.12.